The van der Waals surface area contributed by atoms with Gasteiger partial charge in [0.25, 0.3) is 0 Å². The fraction of sp³-hybridized carbons (Fsp3) is 0.625. The van der Waals surface area contributed by atoms with Crippen LogP contribution in [0.5, 0.6) is 5.75 Å². The van der Waals surface area contributed by atoms with Crippen molar-refractivity contribution in [1.29, 1.82) is 0 Å². The number of fused-ring (bicyclic) bond motifs is 3. The molecular formula is C16H24FN3O. The molecule has 0 radical (unpaired) electrons. The van der Waals surface area contributed by atoms with Crippen LogP contribution in [0, 0.1) is 11.7 Å². The first-order chi connectivity index (χ1) is 10.0. The molecule has 3 saturated heterocycles. The molecule has 0 amide bonds. The molecule has 1 aromatic carbocycles. The largest absolute Gasteiger partial charge is 0.488 e. The molecule has 5 heteroatoms. The van der Waals surface area contributed by atoms with E-state index in [9.17, 15) is 4.39 Å². The Morgan fingerprint density at radius 1 is 1.33 bits per heavy atom. The molecule has 0 spiro atoms. The second-order valence-corrected chi connectivity index (χ2v) is 6.43. The Balaban J connectivity index is 1.78. The Morgan fingerprint density at radius 2 is 2.05 bits per heavy atom. The molecule has 0 aromatic heterocycles. The topological polar surface area (TPSA) is 50.5 Å². The van der Waals surface area contributed by atoms with E-state index in [0.717, 1.165) is 12.2 Å². The number of nitrogens with one attached hydrogen (secondary N) is 1. The van der Waals surface area contributed by atoms with Crippen molar-refractivity contribution in [3.8, 4) is 5.75 Å². The maximum atomic E-state index is 13.9. The van der Waals surface area contributed by atoms with Gasteiger partial charge in [-0.15, -0.1) is 0 Å². The average molecular weight is 293 g/mol. The fourth-order valence-corrected chi connectivity index (χ4v) is 3.37. The summed E-state index contributed by atoms with van der Waals surface area (Å²) in [5, 5.41) is 3.51. The number of piperidine rings is 3. The van der Waals surface area contributed by atoms with Crippen molar-refractivity contribution < 1.29 is 9.13 Å². The van der Waals surface area contributed by atoms with Crippen LogP contribution in [0.3, 0.4) is 0 Å². The van der Waals surface area contributed by atoms with Crippen LogP contribution in [0.2, 0.25) is 0 Å². The van der Waals surface area contributed by atoms with Crippen molar-refractivity contribution in [2.24, 2.45) is 5.92 Å². The van der Waals surface area contributed by atoms with Crippen molar-refractivity contribution in [3.63, 3.8) is 0 Å². The molecule has 3 heterocycles. The summed E-state index contributed by atoms with van der Waals surface area (Å²) in [5.74, 6) is 0.553. The lowest BCUT2D eigenvalue weighted by molar-refractivity contribution is 0.0975. The summed E-state index contributed by atoms with van der Waals surface area (Å²) in [5.41, 5.74) is 7.19. The Hall–Kier alpha value is -1.49. The smallest absolute Gasteiger partial charge is 0.167 e. The van der Waals surface area contributed by atoms with E-state index in [1.807, 2.05) is 13.8 Å². The van der Waals surface area contributed by atoms with Crippen LogP contribution in [0.25, 0.3) is 0 Å². The number of nitrogen functional groups attached to an aromatic ring is 1. The van der Waals surface area contributed by atoms with Gasteiger partial charge in [-0.25, -0.2) is 4.39 Å². The lowest BCUT2D eigenvalue weighted by Gasteiger charge is -2.45. The van der Waals surface area contributed by atoms with Crippen LogP contribution >= 0.6 is 0 Å². The molecule has 3 fully saturated rings. The molecule has 1 unspecified atom stereocenters. The van der Waals surface area contributed by atoms with E-state index in [4.69, 9.17) is 10.5 Å². The van der Waals surface area contributed by atoms with E-state index < -0.39 is 5.82 Å². The van der Waals surface area contributed by atoms with Crippen LogP contribution in [-0.4, -0.2) is 36.7 Å². The van der Waals surface area contributed by atoms with Gasteiger partial charge < -0.3 is 20.7 Å². The molecular weight excluding hydrogens is 269 g/mol. The number of benzene rings is 1. The molecule has 3 aliphatic rings. The number of hydrogen-bond acceptors (Lipinski definition) is 4. The van der Waals surface area contributed by atoms with Crippen LogP contribution in [0.15, 0.2) is 12.1 Å². The van der Waals surface area contributed by atoms with Crippen molar-refractivity contribution in [2.75, 3.05) is 30.7 Å². The maximum Gasteiger partial charge on any atom is 0.167 e. The summed E-state index contributed by atoms with van der Waals surface area (Å²) in [6, 6.07) is 3.44. The van der Waals surface area contributed by atoms with Crippen LogP contribution in [0.1, 0.15) is 26.7 Å². The van der Waals surface area contributed by atoms with Crippen molar-refractivity contribution in [2.45, 2.75) is 38.8 Å². The highest BCUT2D eigenvalue weighted by atomic mass is 19.1. The van der Waals surface area contributed by atoms with Crippen molar-refractivity contribution >= 4 is 11.4 Å². The lowest BCUT2D eigenvalue weighted by Crippen LogP contribution is -2.53. The van der Waals surface area contributed by atoms with E-state index in [1.165, 1.54) is 32.0 Å². The first-order valence-electron chi connectivity index (χ1n) is 7.77. The minimum Gasteiger partial charge on any atom is -0.488 e. The highest BCUT2D eigenvalue weighted by Crippen LogP contribution is 2.34. The van der Waals surface area contributed by atoms with Crippen LogP contribution in [-0.2, 0) is 0 Å². The molecule has 4 nitrogen and oxygen atoms in total. The summed E-state index contributed by atoms with van der Waals surface area (Å²) in [4.78, 5) is 2.48. The second-order valence-electron chi connectivity index (χ2n) is 6.43. The van der Waals surface area contributed by atoms with Crippen molar-refractivity contribution in [1.82, 2.24) is 4.90 Å². The third-order valence-electron chi connectivity index (χ3n) is 4.46. The number of rotatable bonds is 4. The molecule has 0 aliphatic carbocycles. The normalized spacial score (nSPS) is 27.9. The van der Waals surface area contributed by atoms with E-state index in [-0.39, 0.29) is 11.9 Å². The SMILES string of the molecule is CC(C)Oc1cc(NC2CN3CCC2CC3)c(N)cc1F. The molecule has 0 saturated carbocycles. The Bertz CT molecular complexity index is 512. The second kappa shape index (κ2) is 5.72. The maximum absolute atomic E-state index is 13.9. The minimum atomic E-state index is -0.402. The zero-order chi connectivity index (χ0) is 15.0. The van der Waals surface area contributed by atoms with Crippen molar-refractivity contribution in [3.05, 3.63) is 17.9 Å². The molecule has 21 heavy (non-hydrogen) atoms. The molecule has 4 rings (SSSR count). The molecule has 2 bridgehead atoms. The van der Waals surface area contributed by atoms with Crippen LogP contribution < -0.4 is 15.8 Å². The van der Waals surface area contributed by atoms with Gasteiger partial charge in [-0.2, -0.15) is 0 Å². The quantitative estimate of drug-likeness (QED) is 0.838. The average Bonchev–Trinajstić information content (AvgIpc) is 2.45. The first-order valence-corrected chi connectivity index (χ1v) is 7.77. The van der Waals surface area contributed by atoms with Gasteiger partial charge in [0.2, 0.25) is 0 Å². The third kappa shape index (κ3) is 3.07. The third-order valence-corrected chi connectivity index (χ3v) is 4.46. The van der Waals surface area contributed by atoms with E-state index >= 15 is 0 Å². The summed E-state index contributed by atoms with van der Waals surface area (Å²) in [7, 11) is 0. The molecule has 1 aromatic rings. The van der Waals surface area contributed by atoms with Crippen LogP contribution in [0.4, 0.5) is 15.8 Å². The number of ether oxygens (including phenoxy) is 1. The number of anilines is 2. The van der Waals surface area contributed by atoms with Gasteiger partial charge in [0.15, 0.2) is 11.6 Å². The molecule has 3 aliphatic heterocycles. The van der Waals surface area contributed by atoms with Gasteiger partial charge in [-0.1, -0.05) is 0 Å². The highest BCUT2D eigenvalue weighted by molar-refractivity contribution is 5.69. The van der Waals surface area contributed by atoms with E-state index in [0.29, 0.717) is 17.6 Å². The predicted octanol–water partition coefficient (Wildman–Crippen LogP) is 2.70. The first kappa shape index (κ1) is 14.4. The Labute approximate surface area is 125 Å². The number of nitrogens with two attached hydrogens (primary N) is 1. The molecule has 1 atom stereocenters. The summed E-state index contributed by atoms with van der Waals surface area (Å²) in [6.45, 7) is 7.21. The Kier molecular flexibility index (Phi) is 3.93. The van der Waals surface area contributed by atoms with Gasteiger partial charge in [0.1, 0.15) is 0 Å². The van der Waals surface area contributed by atoms with Gasteiger partial charge in [-0.3, -0.25) is 0 Å². The summed E-state index contributed by atoms with van der Waals surface area (Å²) in [6.07, 6.45) is 2.40. The monoisotopic (exact) mass is 293 g/mol. The van der Waals surface area contributed by atoms with E-state index in [2.05, 4.69) is 10.2 Å². The van der Waals surface area contributed by atoms with Gasteiger partial charge in [0.05, 0.1) is 17.5 Å². The zero-order valence-corrected chi connectivity index (χ0v) is 12.7. The van der Waals surface area contributed by atoms with Gasteiger partial charge >= 0.3 is 0 Å². The fourth-order valence-electron chi connectivity index (χ4n) is 3.37. The van der Waals surface area contributed by atoms with Gasteiger partial charge in [-0.05, 0) is 45.7 Å². The number of halogens is 1. The number of hydrogen-bond donors (Lipinski definition) is 2. The molecule has 116 valence electrons. The van der Waals surface area contributed by atoms with Gasteiger partial charge in [0, 0.05) is 24.7 Å². The molecule has 3 N–H and O–H groups in total. The van der Waals surface area contributed by atoms with E-state index in [1.54, 1.807) is 6.07 Å². The highest BCUT2D eigenvalue weighted by Gasteiger charge is 2.34. The summed E-state index contributed by atoms with van der Waals surface area (Å²) >= 11 is 0. The standard InChI is InChI=1S/C16H24FN3O/c1-10(2)21-16-8-14(13(18)7-12(16)17)19-15-9-20-5-3-11(15)4-6-20/h7-8,10-11,15,19H,3-6,9,18H2,1-2H3. The zero-order valence-electron chi connectivity index (χ0n) is 12.7. The Morgan fingerprint density at radius 3 is 2.62 bits per heavy atom. The number of nitrogens with zero attached hydrogens (tertiary/aromatic N) is 1. The summed E-state index contributed by atoms with van der Waals surface area (Å²) < 4.78 is 19.4. The lowest BCUT2D eigenvalue weighted by atomic mass is 9.84. The predicted molar refractivity (Wildman–Crippen MR) is 83.2 cm³/mol. The minimum absolute atomic E-state index is 0.0622.